The van der Waals surface area contributed by atoms with E-state index in [4.69, 9.17) is 4.74 Å². The molecule has 2 rings (SSSR count). The number of anilines is 1. The lowest BCUT2D eigenvalue weighted by Gasteiger charge is -2.09. The van der Waals surface area contributed by atoms with Crippen LogP contribution in [0, 0.1) is 5.82 Å². The van der Waals surface area contributed by atoms with Crippen molar-refractivity contribution in [2.24, 2.45) is 0 Å². The normalized spacial score (nSPS) is 11.2. The molecule has 0 unspecified atom stereocenters. The summed E-state index contributed by atoms with van der Waals surface area (Å²) in [5.74, 6) is -0.0477. The van der Waals surface area contributed by atoms with Gasteiger partial charge in [-0.2, -0.15) is 13.2 Å². The molecule has 1 N–H and O–H groups in total. The Hall–Kier alpha value is -2.38. The van der Waals surface area contributed by atoms with E-state index in [0.717, 1.165) is 12.3 Å². The number of ether oxygens (including phenoxy) is 1. The van der Waals surface area contributed by atoms with Crippen molar-refractivity contribution in [1.29, 1.82) is 0 Å². The minimum Gasteiger partial charge on any atom is -0.492 e. The van der Waals surface area contributed by atoms with Gasteiger partial charge in [0.25, 0.3) is 0 Å². The van der Waals surface area contributed by atoms with Crippen molar-refractivity contribution >= 4 is 5.95 Å². The molecular weight excluding hydrogens is 290 g/mol. The molecule has 21 heavy (non-hydrogen) atoms. The Morgan fingerprint density at radius 1 is 1.10 bits per heavy atom. The van der Waals surface area contributed by atoms with Crippen LogP contribution in [0.25, 0.3) is 0 Å². The number of halogens is 4. The molecule has 8 heteroatoms. The smallest absolute Gasteiger partial charge is 0.433 e. The molecule has 4 nitrogen and oxygen atoms in total. The van der Waals surface area contributed by atoms with Crippen LogP contribution < -0.4 is 10.1 Å². The molecule has 0 bridgehead atoms. The van der Waals surface area contributed by atoms with Gasteiger partial charge in [-0.25, -0.2) is 14.4 Å². The largest absolute Gasteiger partial charge is 0.492 e. The number of aromatic nitrogens is 2. The monoisotopic (exact) mass is 301 g/mol. The Balaban J connectivity index is 1.82. The third-order valence-corrected chi connectivity index (χ3v) is 2.41. The van der Waals surface area contributed by atoms with Gasteiger partial charge in [0, 0.05) is 6.20 Å². The molecule has 1 heterocycles. The molecule has 1 aromatic heterocycles. The van der Waals surface area contributed by atoms with E-state index in [0.29, 0.717) is 5.75 Å². The number of hydrogen-bond acceptors (Lipinski definition) is 4. The summed E-state index contributed by atoms with van der Waals surface area (Å²) in [5.41, 5.74) is -1.01. The minimum atomic E-state index is -4.51. The van der Waals surface area contributed by atoms with Crippen molar-refractivity contribution in [3.8, 4) is 5.75 Å². The van der Waals surface area contributed by atoms with Crippen LogP contribution in [0.2, 0.25) is 0 Å². The molecule has 0 amide bonds. The predicted molar refractivity (Wildman–Crippen MR) is 67.4 cm³/mol. The van der Waals surface area contributed by atoms with Crippen LogP contribution in [0.3, 0.4) is 0 Å². The Kier molecular flexibility index (Phi) is 4.56. The van der Waals surface area contributed by atoms with E-state index >= 15 is 0 Å². The van der Waals surface area contributed by atoms with Crippen LogP contribution in [0.1, 0.15) is 5.69 Å². The SMILES string of the molecule is Fc1ccc(OCCNc2nccc(C(F)(F)F)n2)cc1. The number of hydrogen-bond donors (Lipinski definition) is 1. The van der Waals surface area contributed by atoms with E-state index in [1.165, 1.54) is 24.3 Å². The first-order valence-electron chi connectivity index (χ1n) is 5.97. The van der Waals surface area contributed by atoms with Gasteiger partial charge >= 0.3 is 6.18 Å². The molecule has 0 aliphatic carbocycles. The molecular formula is C13H11F4N3O. The van der Waals surface area contributed by atoms with Crippen LogP contribution in [0.4, 0.5) is 23.5 Å². The maximum atomic E-state index is 12.7. The first kappa shape index (κ1) is 15.0. The summed E-state index contributed by atoms with van der Waals surface area (Å²) in [7, 11) is 0. The molecule has 2 aromatic rings. The average molecular weight is 301 g/mol. The van der Waals surface area contributed by atoms with Gasteiger partial charge in [-0.3, -0.25) is 0 Å². The Labute approximate surface area is 117 Å². The van der Waals surface area contributed by atoms with E-state index in [1.54, 1.807) is 0 Å². The molecule has 0 spiro atoms. The standard InChI is InChI=1S/C13H11F4N3O/c14-9-1-3-10(4-2-9)21-8-7-19-12-18-6-5-11(20-12)13(15,16)17/h1-6H,7-8H2,(H,18,19,20). The van der Waals surface area contributed by atoms with Crippen LogP contribution in [-0.2, 0) is 6.18 Å². The Morgan fingerprint density at radius 2 is 1.81 bits per heavy atom. The summed E-state index contributed by atoms with van der Waals surface area (Å²) in [6.07, 6.45) is -3.48. The second-order valence-corrected chi connectivity index (χ2v) is 3.99. The van der Waals surface area contributed by atoms with E-state index < -0.39 is 11.9 Å². The second-order valence-electron chi connectivity index (χ2n) is 3.99. The van der Waals surface area contributed by atoms with Gasteiger partial charge in [0.1, 0.15) is 23.9 Å². The van der Waals surface area contributed by atoms with Crippen LogP contribution in [0.15, 0.2) is 36.5 Å². The fourth-order valence-electron chi connectivity index (χ4n) is 1.46. The highest BCUT2D eigenvalue weighted by atomic mass is 19.4. The quantitative estimate of drug-likeness (QED) is 0.681. The van der Waals surface area contributed by atoms with Crippen molar-refractivity contribution in [3.05, 3.63) is 48.0 Å². The first-order chi connectivity index (χ1) is 9.95. The van der Waals surface area contributed by atoms with E-state index in [2.05, 4.69) is 15.3 Å². The molecule has 0 fully saturated rings. The van der Waals surface area contributed by atoms with Crippen molar-refractivity contribution in [2.75, 3.05) is 18.5 Å². The van der Waals surface area contributed by atoms with Gasteiger partial charge in [-0.1, -0.05) is 0 Å². The molecule has 0 atom stereocenters. The molecule has 0 aliphatic heterocycles. The number of nitrogens with one attached hydrogen (secondary N) is 1. The van der Waals surface area contributed by atoms with Crippen molar-refractivity contribution in [3.63, 3.8) is 0 Å². The minimum absolute atomic E-state index is 0.132. The second kappa shape index (κ2) is 6.38. The molecule has 0 saturated heterocycles. The predicted octanol–water partition coefficient (Wildman–Crippen LogP) is 3.13. The van der Waals surface area contributed by atoms with Crippen LogP contribution >= 0.6 is 0 Å². The highest BCUT2D eigenvalue weighted by Crippen LogP contribution is 2.27. The summed E-state index contributed by atoms with van der Waals surface area (Å²) >= 11 is 0. The third kappa shape index (κ3) is 4.59. The zero-order valence-corrected chi connectivity index (χ0v) is 10.7. The van der Waals surface area contributed by atoms with Crippen molar-refractivity contribution in [1.82, 2.24) is 9.97 Å². The highest BCUT2D eigenvalue weighted by Gasteiger charge is 2.32. The Morgan fingerprint density at radius 3 is 2.48 bits per heavy atom. The summed E-state index contributed by atoms with van der Waals surface area (Å²) in [6, 6.07) is 6.20. The molecule has 1 aromatic carbocycles. The maximum Gasteiger partial charge on any atom is 0.433 e. The lowest BCUT2D eigenvalue weighted by molar-refractivity contribution is -0.141. The summed E-state index contributed by atoms with van der Waals surface area (Å²) in [6.45, 7) is 0.379. The zero-order valence-electron chi connectivity index (χ0n) is 10.7. The van der Waals surface area contributed by atoms with Crippen LogP contribution in [0.5, 0.6) is 5.75 Å². The third-order valence-electron chi connectivity index (χ3n) is 2.41. The lowest BCUT2D eigenvalue weighted by atomic mass is 10.3. The van der Waals surface area contributed by atoms with E-state index in [-0.39, 0.29) is 24.9 Å². The maximum absolute atomic E-state index is 12.7. The number of rotatable bonds is 5. The van der Waals surface area contributed by atoms with E-state index in [9.17, 15) is 17.6 Å². The molecule has 0 saturated carbocycles. The van der Waals surface area contributed by atoms with Gasteiger partial charge in [0.2, 0.25) is 5.95 Å². The summed E-state index contributed by atoms with van der Waals surface area (Å²) < 4.78 is 55.2. The topological polar surface area (TPSA) is 47.0 Å². The number of nitrogens with zero attached hydrogens (tertiary/aromatic N) is 2. The molecule has 0 radical (unpaired) electrons. The van der Waals surface area contributed by atoms with Crippen molar-refractivity contribution in [2.45, 2.75) is 6.18 Å². The van der Waals surface area contributed by atoms with Gasteiger partial charge < -0.3 is 10.1 Å². The molecule has 112 valence electrons. The molecule has 0 aliphatic rings. The lowest BCUT2D eigenvalue weighted by Crippen LogP contribution is -2.15. The highest BCUT2D eigenvalue weighted by molar-refractivity contribution is 5.26. The van der Waals surface area contributed by atoms with Gasteiger partial charge in [0.15, 0.2) is 0 Å². The fraction of sp³-hybridized carbons (Fsp3) is 0.231. The van der Waals surface area contributed by atoms with Gasteiger partial charge in [-0.15, -0.1) is 0 Å². The van der Waals surface area contributed by atoms with Gasteiger partial charge in [-0.05, 0) is 30.3 Å². The summed E-state index contributed by atoms with van der Waals surface area (Å²) in [4.78, 5) is 7.03. The summed E-state index contributed by atoms with van der Waals surface area (Å²) in [5, 5.41) is 2.62. The van der Waals surface area contributed by atoms with Crippen molar-refractivity contribution < 1.29 is 22.3 Å². The first-order valence-corrected chi connectivity index (χ1v) is 5.97. The fourth-order valence-corrected chi connectivity index (χ4v) is 1.46. The Bertz CT molecular complexity index is 587. The van der Waals surface area contributed by atoms with E-state index in [1.807, 2.05) is 0 Å². The number of alkyl halides is 3. The van der Waals surface area contributed by atoms with Gasteiger partial charge in [0.05, 0.1) is 6.54 Å². The zero-order chi connectivity index (χ0) is 15.3. The average Bonchev–Trinajstić information content (AvgIpc) is 2.45. The van der Waals surface area contributed by atoms with Crippen LogP contribution in [-0.4, -0.2) is 23.1 Å². The number of benzene rings is 1.